The van der Waals surface area contributed by atoms with Crippen LogP contribution in [0.3, 0.4) is 0 Å². The average Bonchev–Trinajstić information content (AvgIpc) is 3.36. The second-order valence-electron chi connectivity index (χ2n) is 6.29. The van der Waals surface area contributed by atoms with Crippen LogP contribution in [0.5, 0.6) is 5.75 Å². The smallest absolute Gasteiger partial charge is 0.244 e. The fourth-order valence-corrected chi connectivity index (χ4v) is 4.27. The van der Waals surface area contributed by atoms with E-state index in [1.54, 1.807) is 23.5 Å². The van der Waals surface area contributed by atoms with Gasteiger partial charge in [0.15, 0.2) is 0 Å². The molecule has 3 rings (SSSR count). The third-order valence-electron chi connectivity index (χ3n) is 3.95. The van der Waals surface area contributed by atoms with E-state index in [0.29, 0.717) is 23.7 Å². The molecule has 0 fully saturated rings. The minimum absolute atomic E-state index is 0.111. The number of aromatic nitrogens is 1. The summed E-state index contributed by atoms with van der Waals surface area (Å²) in [6, 6.07) is 7.38. The fraction of sp³-hybridized carbons (Fsp3) is 0.250. The molecule has 0 atom stereocenters. The summed E-state index contributed by atoms with van der Waals surface area (Å²) < 4.78 is 5.65. The molecule has 0 aliphatic rings. The number of rotatable bonds is 8. The minimum Gasteiger partial charge on any atom is -0.493 e. The number of aryl methyl sites for hydroxylation is 1. The minimum atomic E-state index is -0.312. The molecule has 6 nitrogen and oxygen atoms in total. The van der Waals surface area contributed by atoms with Crippen LogP contribution in [0.1, 0.15) is 24.1 Å². The summed E-state index contributed by atoms with van der Waals surface area (Å²) in [5.74, 6) is 0.161. The summed E-state index contributed by atoms with van der Waals surface area (Å²) in [7, 11) is 0. The van der Waals surface area contributed by atoms with Crippen LogP contribution < -0.4 is 15.6 Å². The predicted octanol–water partition coefficient (Wildman–Crippen LogP) is 4.38. The molecule has 3 aromatic rings. The van der Waals surface area contributed by atoms with Gasteiger partial charge in [-0.2, -0.15) is 11.3 Å². The average molecular weight is 450 g/mol. The van der Waals surface area contributed by atoms with Crippen LogP contribution in [-0.4, -0.2) is 23.4 Å². The number of carbonyl (C=O) groups excluding carboxylic acids is 2. The number of ether oxygens (including phenoxy) is 1. The normalized spacial score (nSPS) is 10.6. The van der Waals surface area contributed by atoms with Crippen LogP contribution >= 0.6 is 34.3 Å². The summed E-state index contributed by atoms with van der Waals surface area (Å²) in [6.07, 6.45) is 0.881. The number of hydrazine groups is 1. The number of nitrogens with one attached hydrogen (secondary N) is 2. The second-order valence-corrected chi connectivity index (χ2v) is 8.37. The van der Waals surface area contributed by atoms with Gasteiger partial charge in [-0.1, -0.05) is 11.6 Å². The van der Waals surface area contributed by atoms with Gasteiger partial charge in [0.25, 0.3) is 0 Å². The Morgan fingerprint density at radius 2 is 2.00 bits per heavy atom. The first-order valence-electron chi connectivity index (χ1n) is 8.95. The Morgan fingerprint density at radius 1 is 1.17 bits per heavy atom. The maximum absolute atomic E-state index is 12.0. The largest absolute Gasteiger partial charge is 0.493 e. The van der Waals surface area contributed by atoms with Crippen LogP contribution in [0, 0.1) is 6.92 Å². The molecule has 0 radical (unpaired) electrons. The van der Waals surface area contributed by atoms with Crippen molar-refractivity contribution < 1.29 is 14.3 Å². The molecule has 2 heterocycles. The van der Waals surface area contributed by atoms with Crippen molar-refractivity contribution in [3.8, 4) is 16.3 Å². The number of thiazole rings is 1. The Kier molecular flexibility index (Phi) is 7.62. The molecule has 29 heavy (non-hydrogen) atoms. The highest BCUT2D eigenvalue weighted by molar-refractivity contribution is 7.14. The lowest BCUT2D eigenvalue weighted by Crippen LogP contribution is -2.42. The number of nitrogens with zero attached hydrogens (tertiary/aromatic N) is 1. The highest BCUT2D eigenvalue weighted by Gasteiger charge is 2.10. The Bertz CT molecular complexity index is 973. The lowest BCUT2D eigenvalue weighted by atomic mass is 10.2. The van der Waals surface area contributed by atoms with E-state index in [0.717, 1.165) is 21.9 Å². The van der Waals surface area contributed by atoms with Gasteiger partial charge >= 0.3 is 0 Å². The number of carbonyl (C=O) groups is 2. The maximum atomic E-state index is 12.0. The molecule has 2 amide bonds. The SMILES string of the molecule is Cc1cc(Cl)ccc1OCCCC(=O)NNC(=O)Cc1csc(-c2ccsc2)n1. The van der Waals surface area contributed by atoms with Gasteiger partial charge in [0.2, 0.25) is 11.8 Å². The van der Waals surface area contributed by atoms with Crippen molar-refractivity contribution in [3.63, 3.8) is 0 Å². The Labute approximate surface area is 181 Å². The van der Waals surface area contributed by atoms with Gasteiger partial charge in [-0.3, -0.25) is 20.4 Å². The van der Waals surface area contributed by atoms with Crippen LogP contribution in [0.2, 0.25) is 5.02 Å². The van der Waals surface area contributed by atoms with Gasteiger partial charge in [-0.15, -0.1) is 11.3 Å². The van der Waals surface area contributed by atoms with Gasteiger partial charge in [-0.05, 0) is 48.6 Å². The summed E-state index contributed by atoms with van der Waals surface area (Å²) >= 11 is 9.01. The van der Waals surface area contributed by atoms with Crippen LogP contribution in [0.4, 0.5) is 0 Å². The Hall–Kier alpha value is -2.42. The molecule has 0 bridgehead atoms. The number of thiophene rings is 1. The number of amides is 2. The monoisotopic (exact) mass is 449 g/mol. The number of benzene rings is 1. The molecular weight excluding hydrogens is 430 g/mol. The molecule has 9 heteroatoms. The van der Waals surface area contributed by atoms with E-state index >= 15 is 0 Å². The fourth-order valence-electron chi connectivity index (χ4n) is 2.51. The highest BCUT2D eigenvalue weighted by Crippen LogP contribution is 2.25. The van der Waals surface area contributed by atoms with Gasteiger partial charge in [0.1, 0.15) is 10.8 Å². The topological polar surface area (TPSA) is 80.3 Å². The van der Waals surface area contributed by atoms with Crippen LogP contribution in [0.25, 0.3) is 10.6 Å². The molecule has 1 aromatic carbocycles. The first kappa shape index (κ1) is 21.3. The lowest BCUT2D eigenvalue weighted by Gasteiger charge is -2.10. The van der Waals surface area contributed by atoms with Gasteiger partial charge in [0, 0.05) is 27.8 Å². The zero-order valence-corrected chi connectivity index (χ0v) is 18.1. The number of halogens is 1. The number of hydrogen-bond donors (Lipinski definition) is 2. The molecule has 2 aromatic heterocycles. The lowest BCUT2D eigenvalue weighted by molar-refractivity contribution is -0.128. The van der Waals surface area contributed by atoms with E-state index in [1.165, 1.54) is 11.3 Å². The summed E-state index contributed by atoms with van der Waals surface area (Å²) in [6.45, 7) is 2.31. The molecule has 0 spiro atoms. The van der Waals surface area contributed by atoms with Crippen molar-refractivity contribution in [1.29, 1.82) is 0 Å². The van der Waals surface area contributed by atoms with Crippen molar-refractivity contribution >= 4 is 46.1 Å². The van der Waals surface area contributed by atoms with E-state index in [9.17, 15) is 9.59 Å². The summed E-state index contributed by atoms with van der Waals surface area (Å²) in [5, 5.41) is 7.39. The predicted molar refractivity (Wildman–Crippen MR) is 116 cm³/mol. The van der Waals surface area contributed by atoms with Crippen LogP contribution in [0.15, 0.2) is 40.4 Å². The van der Waals surface area contributed by atoms with E-state index in [4.69, 9.17) is 16.3 Å². The molecule has 2 N–H and O–H groups in total. The van der Waals surface area contributed by atoms with Crippen molar-refractivity contribution in [2.24, 2.45) is 0 Å². The first-order valence-corrected chi connectivity index (χ1v) is 11.1. The standard InChI is InChI=1S/C20H20ClN3O3S2/c1-13-9-15(21)4-5-17(13)27-7-2-3-18(25)23-24-19(26)10-16-12-29-20(22-16)14-6-8-28-11-14/h4-6,8-9,11-12H,2-3,7,10H2,1H3,(H,23,25)(H,24,26). The molecular formula is C20H20ClN3O3S2. The van der Waals surface area contributed by atoms with E-state index < -0.39 is 0 Å². The highest BCUT2D eigenvalue weighted by atomic mass is 35.5. The zero-order chi connectivity index (χ0) is 20.6. The van der Waals surface area contributed by atoms with Crippen molar-refractivity contribution in [1.82, 2.24) is 15.8 Å². The second kappa shape index (κ2) is 10.4. The number of hydrogen-bond acceptors (Lipinski definition) is 6. The summed E-state index contributed by atoms with van der Waals surface area (Å²) in [5.41, 5.74) is 7.51. The zero-order valence-electron chi connectivity index (χ0n) is 15.7. The van der Waals surface area contributed by atoms with Crippen molar-refractivity contribution in [2.45, 2.75) is 26.2 Å². The van der Waals surface area contributed by atoms with E-state index in [2.05, 4.69) is 15.8 Å². The third-order valence-corrected chi connectivity index (χ3v) is 5.80. The summed E-state index contributed by atoms with van der Waals surface area (Å²) in [4.78, 5) is 28.3. The van der Waals surface area contributed by atoms with E-state index in [-0.39, 0.29) is 24.7 Å². The molecule has 152 valence electrons. The van der Waals surface area contributed by atoms with E-state index in [1.807, 2.05) is 35.2 Å². The van der Waals surface area contributed by atoms with Gasteiger partial charge in [-0.25, -0.2) is 4.98 Å². The Morgan fingerprint density at radius 3 is 2.76 bits per heavy atom. The molecule has 0 aliphatic heterocycles. The maximum Gasteiger partial charge on any atom is 0.244 e. The Balaban J connectivity index is 1.33. The van der Waals surface area contributed by atoms with Crippen molar-refractivity contribution in [3.05, 3.63) is 56.7 Å². The third kappa shape index (κ3) is 6.56. The van der Waals surface area contributed by atoms with Gasteiger partial charge in [0.05, 0.1) is 18.7 Å². The molecule has 0 aliphatic carbocycles. The van der Waals surface area contributed by atoms with Gasteiger partial charge < -0.3 is 4.74 Å². The molecule has 0 saturated carbocycles. The molecule has 0 unspecified atom stereocenters. The first-order chi connectivity index (χ1) is 14.0. The van der Waals surface area contributed by atoms with Crippen LogP contribution in [-0.2, 0) is 16.0 Å². The van der Waals surface area contributed by atoms with Crippen molar-refractivity contribution in [2.75, 3.05) is 6.61 Å². The quantitative estimate of drug-likeness (QED) is 0.395. The molecule has 0 saturated heterocycles.